The average Bonchev–Trinajstić information content (AvgIpc) is 3.18. The minimum Gasteiger partial charge on any atom is -0.493 e. The maximum atomic E-state index is 12.7. The van der Waals surface area contributed by atoms with Crippen LogP contribution >= 0.6 is 11.3 Å². The van der Waals surface area contributed by atoms with E-state index in [-0.39, 0.29) is 11.4 Å². The molecule has 6 nitrogen and oxygen atoms in total. The van der Waals surface area contributed by atoms with E-state index in [4.69, 9.17) is 18.9 Å². The lowest BCUT2D eigenvalue weighted by molar-refractivity contribution is -0.144. The highest BCUT2D eigenvalue weighted by Gasteiger charge is 2.44. The largest absolute Gasteiger partial charge is 0.493 e. The summed E-state index contributed by atoms with van der Waals surface area (Å²) >= 11 is 1.33. The van der Waals surface area contributed by atoms with Gasteiger partial charge in [0, 0.05) is 11.5 Å². The van der Waals surface area contributed by atoms with Crippen LogP contribution in [0.15, 0.2) is 35.7 Å². The van der Waals surface area contributed by atoms with Gasteiger partial charge in [0.05, 0.1) is 39.2 Å². The van der Waals surface area contributed by atoms with Gasteiger partial charge in [-0.05, 0) is 34.7 Å². The summed E-state index contributed by atoms with van der Waals surface area (Å²) in [4.78, 5) is 25.8. The Balaban J connectivity index is 2.26. The molecule has 0 saturated carbocycles. The number of rotatable bonds is 5. The third kappa shape index (κ3) is 2.98. The number of thiophene rings is 1. The molecule has 1 aromatic heterocycles. The quantitative estimate of drug-likeness (QED) is 0.577. The van der Waals surface area contributed by atoms with Crippen LogP contribution in [0, 0.1) is 5.92 Å². The minimum atomic E-state index is -0.826. The van der Waals surface area contributed by atoms with Crippen LogP contribution in [-0.2, 0) is 9.53 Å². The van der Waals surface area contributed by atoms with E-state index in [0.717, 1.165) is 11.1 Å². The molecule has 142 valence electrons. The topological polar surface area (TPSA) is 71.1 Å². The Morgan fingerprint density at radius 1 is 1.07 bits per heavy atom. The predicted octanol–water partition coefficient (Wildman–Crippen LogP) is 3.45. The second-order valence-corrected chi connectivity index (χ2v) is 6.91. The Kier molecular flexibility index (Phi) is 5.23. The van der Waals surface area contributed by atoms with E-state index >= 15 is 0 Å². The molecule has 7 heteroatoms. The molecule has 1 heterocycles. The number of carbonyl (C=O) groups is 2. The molecule has 27 heavy (non-hydrogen) atoms. The van der Waals surface area contributed by atoms with Gasteiger partial charge in [-0.2, -0.15) is 0 Å². The molecule has 0 spiro atoms. The van der Waals surface area contributed by atoms with Crippen molar-refractivity contribution in [1.29, 1.82) is 0 Å². The van der Waals surface area contributed by atoms with Crippen molar-refractivity contribution in [2.45, 2.75) is 5.92 Å². The molecule has 0 unspecified atom stereocenters. The number of hydrogen-bond acceptors (Lipinski definition) is 7. The number of ether oxygens (including phenoxy) is 4. The number of ketones is 1. The number of esters is 1. The van der Waals surface area contributed by atoms with Crippen LogP contribution in [0.3, 0.4) is 0 Å². The number of benzene rings is 1. The van der Waals surface area contributed by atoms with Crippen LogP contribution in [-0.4, -0.2) is 40.2 Å². The summed E-state index contributed by atoms with van der Waals surface area (Å²) in [5.74, 6) is -0.618. The smallest absolute Gasteiger partial charge is 0.314 e. The molecule has 2 aromatic rings. The van der Waals surface area contributed by atoms with Gasteiger partial charge in [-0.25, -0.2) is 0 Å². The molecule has 0 radical (unpaired) electrons. The molecule has 1 aliphatic rings. The van der Waals surface area contributed by atoms with Crippen LogP contribution < -0.4 is 14.2 Å². The van der Waals surface area contributed by atoms with Crippen LogP contribution in [0.25, 0.3) is 0 Å². The third-order valence-corrected chi connectivity index (χ3v) is 5.67. The van der Waals surface area contributed by atoms with Gasteiger partial charge in [-0.15, -0.1) is 11.3 Å². The average molecular weight is 388 g/mol. The first-order valence-electron chi connectivity index (χ1n) is 8.17. The lowest BCUT2D eigenvalue weighted by Crippen LogP contribution is -2.33. The Labute approximate surface area is 161 Å². The highest BCUT2D eigenvalue weighted by Crippen LogP contribution is 2.49. The monoisotopic (exact) mass is 388 g/mol. The molecule has 1 aliphatic carbocycles. The van der Waals surface area contributed by atoms with Gasteiger partial charge in [0.1, 0.15) is 0 Å². The van der Waals surface area contributed by atoms with E-state index in [1.54, 1.807) is 12.1 Å². The van der Waals surface area contributed by atoms with Gasteiger partial charge in [-0.1, -0.05) is 6.58 Å². The highest BCUT2D eigenvalue weighted by atomic mass is 32.1. The minimum absolute atomic E-state index is 0.218. The fourth-order valence-corrected chi connectivity index (χ4v) is 4.39. The normalized spacial score (nSPS) is 18.7. The fourth-order valence-electron chi connectivity index (χ4n) is 3.47. The molecule has 1 aromatic carbocycles. The van der Waals surface area contributed by atoms with Gasteiger partial charge in [0.2, 0.25) is 5.75 Å². The standard InChI is InChI=1S/C20H20O6S/c1-10-15(20(22)26-5)16(12-6-7-27-19(12)17(10)21)11-8-13(23-2)18(25-4)14(9-11)24-3/h6-9,15-16H,1H2,2-5H3/t15-,16-/m1/s1. The molecular formula is C20H20O6S. The summed E-state index contributed by atoms with van der Waals surface area (Å²) in [5.41, 5.74) is 1.73. The van der Waals surface area contributed by atoms with Crippen LogP contribution in [0.5, 0.6) is 17.2 Å². The van der Waals surface area contributed by atoms with E-state index in [0.29, 0.717) is 22.1 Å². The number of methoxy groups -OCH3 is 4. The van der Waals surface area contributed by atoms with E-state index in [1.165, 1.54) is 39.8 Å². The Hall–Kier alpha value is -2.80. The molecule has 0 fully saturated rings. The summed E-state index contributed by atoms with van der Waals surface area (Å²) in [6.07, 6.45) is 0. The Bertz CT molecular complexity index is 888. The van der Waals surface area contributed by atoms with E-state index in [1.807, 2.05) is 11.4 Å². The third-order valence-electron chi connectivity index (χ3n) is 4.74. The van der Waals surface area contributed by atoms with Gasteiger partial charge in [0.15, 0.2) is 17.3 Å². The second-order valence-electron chi connectivity index (χ2n) is 6.00. The van der Waals surface area contributed by atoms with Gasteiger partial charge >= 0.3 is 5.97 Å². The van der Waals surface area contributed by atoms with Crippen molar-refractivity contribution >= 4 is 23.1 Å². The van der Waals surface area contributed by atoms with Crippen LogP contribution in [0.1, 0.15) is 26.7 Å². The SMILES string of the molecule is C=C1C(=O)c2sccc2[C@@H](c2cc(OC)c(OC)c(OC)c2)[C@@H]1C(=O)OC. The predicted molar refractivity (Wildman–Crippen MR) is 101 cm³/mol. The number of hydrogen-bond donors (Lipinski definition) is 0. The van der Waals surface area contributed by atoms with Crippen LogP contribution in [0.2, 0.25) is 0 Å². The summed E-state index contributed by atoms with van der Waals surface area (Å²) in [6.45, 7) is 3.89. The Morgan fingerprint density at radius 2 is 1.70 bits per heavy atom. The zero-order valence-electron chi connectivity index (χ0n) is 15.5. The molecule has 2 atom stereocenters. The summed E-state index contributed by atoms with van der Waals surface area (Å²) in [6, 6.07) is 5.42. The first-order valence-corrected chi connectivity index (χ1v) is 9.05. The van der Waals surface area contributed by atoms with E-state index in [2.05, 4.69) is 6.58 Å². The molecule has 0 amide bonds. The van der Waals surface area contributed by atoms with Crippen molar-refractivity contribution in [2.24, 2.45) is 5.92 Å². The summed E-state index contributed by atoms with van der Waals surface area (Å²) in [5, 5.41) is 1.83. The fraction of sp³-hybridized carbons (Fsp3) is 0.300. The van der Waals surface area contributed by atoms with E-state index in [9.17, 15) is 9.59 Å². The zero-order chi connectivity index (χ0) is 19.7. The lowest BCUT2D eigenvalue weighted by Gasteiger charge is -2.31. The maximum Gasteiger partial charge on any atom is 0.314 e. The van der Waals surface area contributed by atoms with Crippen molar-refractivity contribution in [3.8, 4) is 17.2 Å². The number of Topliss-reactive ketones (excluding diaryl/α,β-unsaturated/α-hetero) is 1. The van der Waals surface area contributed by atoms with Crippen molar-refractivity contribution in [1.82, 2.24) is 0 Å². The number of carbonyl (C=O) groups excluding carboxylic acids is 2. The summed E-state index contributed by atoms with van der Waals surface area (Å²) < 4.78 is 21.2. The molecule has 0 saturated heterocycles. The van der Waals surface area contributed by atoms with Gasteiger partial charge in [0.25, 0.3) is 0 Å². The maximum absolute atomic E-state index is 12.7. The van der Waals surface area contributed by atoms with Crippen LogP contribution in [0.4, 0.5) is 0 Å². The lowest BCUT2D eigenvalue weighted by atomic mass is 9.71. The highest BCUT2D eigenvalue weighted by molar-refractivity contribution is 7.12. The molecule has 3 rings (SSSR count). The van der Waals surface area contributed by atoms with Crippen molar-refractivity contribution < 1.29 is 28.5 Å². The number of fused-ring (bicyclic) bond motifs is 1. The first-order chi connectivity index (χ1) is 13.0. The van der Waals surface area contributed by atoms with Gasteiger partial charge in [-0.3, -0.25) is 9.59 Å². The Morgan fingerprint density at radius 3 is 2.22 bits per heavy atom. The molecule has 0 bridgehead atoms. The first kappa shape index (κ1) is 19.0. The molecular weight excluding hydrogens is 368 g/mol. The van der Waals surface area contributed by atoms with Gasteiger partial charge < -0.3 is 18.9 Å². The summed E-state index contributed by atoms with van der Waals surface area (Å²) in [7, 11) is 5.88. The zero-order valence-corrected chi connectivity index (χ0v) is 16.3. The second kappa shape index (κ2) is 7.44. The van der Waals surface area contributed by atoms with Crippen molar-refractivity contribution in [3.05, 3.63) is 51.7 Å². The molecule has 0 N–H and O–H groups in total. The van der Waals surface area contributed by atoms with Crippen molar-refractivity contribution in [3.63, 3.8) is 0 Å². The molecule has 0 aliphatic heterocycles. The van der Waals surface area contributed by atoms with E-state index < -0.39 is 17.8 Å². The van der Waals surface area contributed by atoms with Crippen molar-refractivity contribution in [2.75, 3.05) is 28.4 Å².